The minimum absolute atomic E-state index is 0.283. The summed E-state index contributed by atoms with van der Waals surface area (Å²) in [7, 11) is 6.95. The van der Waals surface area contributed by atoms with E-state index in [0.717, 1.165) is 12.5 Å². The van der Waals surface area contributed by atoms with Gasteiger partial charge in [0.15, 0.2) is 0 Å². The molecular formula is C14H24B3N. The van der Waals surface area contributed by atoms with Crippen LogP contribution in [0.3, 0.4) is 0 Å². The fourth-order valence-electron chi connectivity index (χ4n) is 2.78. The highest BCUT2D eigenvalue weighted by molar-refractivity contribution is 6.59. The van der Waals surface area contributed by atoms with Crippen LogP contribution in [-0.4, -0.2) is 40.2 Å². The highest BCUT2D eigenvalue weighted by atomic mass is 15.2. The van der Waals surface area contributed by atoms with Crippen molar-refractivity contribution in [2.45, 2.75) is 38.5 Å². The molecule has 1 aliphatic rings. The van der Waals surface area contributed by atoms with E-state index in [1.807, 2.05) is 0 Å². The zero-order chi connectivity index (χ0) is 13.3. The predicted octanol–water partition coefficient (Wildman–Crippen LogP) is -0.246. The average molecular weight is 239 g/mol. The van der Waals surface area contributed by atoms with Gasteiger partial charge in [-0.15, -0.1) is 0 Å². The zero-order valence-electron chi connectivity index (χ0n) is 12.6. The van der Waals surface area contributed by atoms with E-state index in [1.165, 1.54) is 24.9 Å². The second-order valence-corrected chi connectivity index (χ2v) is 7.04. The summed E-state index contributed by atoms with van der Waals surface area (Å²) in [5.74, 6) is 0.741. The Morgan fingerprint density at radius 1 is 1.22 bits per heavy atom. The first-order valence-corrected chi connectivity index (χ1v) is 7.22. The van der Waals surface area contributed by atoms with Crippen LogP contribution < -0.4 is 0 Å². The maximum atomic E-state index is 2.59. The summed E-state index contributed by atoms with van der Waals surface area (Å²) >= 11 is 0. The maximum Gasteiger partial charge on any atom is 0.107 e. The van der Waals surface area contributed by atoms with Gasteiger partial charge in [0.1, 0.15) is 23.5 Å². The first-order chi connectivity index (χ1) is 8.36. The summed E-state index contributed by atoms with van der Waals surface area (Å²) in [5.41, 5.74) is 4.61. The molecule has 0 N–H and O–H groups in total. The third-order valence-corrected chi connectivity index (χ3v) is 3.88. The molecule has 18 heavy (non-hydrogen) atoms. The fraction of sp³-hybridized carbons (Fsp3) is 0.571. The van der Waals surface area contributed by atoms with Crippen LogP contribution in [0.2, 0.25) is 0 Å². The number of hydrogen-bond donors (Lipinski definition) is 0. The molecule has 0 aliphatic carbocycles. The third-order valence-electron chi connectivity index (χ3n) is 3.88. The lowest BCUT2D eigenvalue weighted by atomic mass is 9.48. The molecule has 0 spiro atoms. The van der Waals surface area contributed by atoms with Gasteiger partial charge in [0.2, 0.25) is 0 Å². The molecule has 0 amide bonds. The molecule has 0 saturated carbocycles. The van der Waals surface area contributed by atoms with Crippen LogP contribution in [0.4, 0.5) is 0 Å². The summed E-state index contributed by atoms with van der Waals surface area (Å²) in [5, 5.41) is 0.283. The van der Waals surface area contributed by atoms with Crippen molar-refractivity contribution in [2.75, 3.05) is 6.54 Å². The van der Waals surface area contributed by atoms with Crippen LogP contribution in [0, 0.1) is 5.92 Å². The van der Waals surface area contributed by atoms with E-state index in [4.69, 9.17) is 0 Å². The quantitative estimate of drug-likeness (QED) is 0.657. The van der Waals surface area contributed by atoms with E-state index in [9.17, 15) is 0 Å². The Hall–Kier alpha value is -0.625. The average Bonchev–Trinajstić information content (AvgIpc) is 2.26. The summed E-state index contributed by atoms with van der Waals surface area (Å²) in [4.78, 5) is 2.59. The Morgan fingerprint density at radius 3 is 2.56 bits per heavy atom. The molecule has 1 heterocycles. The van der Waals surface area contributed by atoms with E-state index in [-0.39, 0.29) is 5.24 Å². The first kappa shape index (κ1) is 13.8. The molecule has 4 heteroatoms. The second-order valence-electron chi connectivity index (χ2n) is 7.04. The summed E-state index contributed by atoms with van der Waals surface area (Å²) in [6.45, 7) is 6.90. The minimum Gasteiger partial charge on any atom is -0.316 e. The van der Waals surface area contributed by atoms with Crippen molar-refractivity contribution in [2.24, 2.45) is 5.92 Å². The van der Waals surface area contributed by atoms with Gasteiger partial charge in [-0.25, -0.2) is 0 Å². The highest BCUT2D eigenvalue weighted by Crippen LogP contribution is 2.23. The molecule has 1 aromatic carbocycles. The Balaban J connectivity index is 2.19. The van der Waals surface area contributed by atoms with Crippen LogP contribution >= 0.6 is 0 Å². The largest absolute Gasteiger partial charge is 0.316 e. The lowest BCUT2D eigenvalue weighted by molar-refractivity contribution is 0.253. The molecule has 1 nitrogen and oxygen atoms in total. The van der Waals surface area contributed by atoms with Crippen LogP contribution in [-0.2, 0) is 19.4 Å². The molecule has 0 fully saturated rings. The molecule has 0 unspecified atom stereocenters. The molecule has 0 saturated heterocycles. The SMILES string of the molecule is BC(B)(B)N1CCc2ccc(CC(C)C)cc2C1. The van der Waals surface area contributed by atoms with Crippen molar-refractivity contribution in [3.63, 3.8) is 0 Å². The maximum absolute atomic E-state index is 2.59. The molecule has 1 aromatic rings. The van der Waals surface area contributed by atoms with Gasteiger partial charge in [-0.3, -0.25) is 0 Å². The highest BCUT2D eigenvalue weighted by Gasteiger charge is 2.25. The second kappa shape index (κ2) is 5.17. The van der Waals surface area contributed by atoms with Crippen molar-refractivity contribution < 1.29 is 0 Å². The lowest BCUT2D eigenvalue weighted by Crippen LogP contribution is -2.52. The summed E-state index contributed by atoms with van der Waals surface area (Å²) in [6.07, 6.45) is 2.40. The van der Waals surface area contributed by atoms with Crippen molar-refractivity contribution in [3.8, 4) is 0 Å². The van der Waals surface area contributed by atoms with Gasteiger partial charge in [0.05, 0.1) is 0 Å². The number of nitrogens with zero attached hydrogens (tertiary/aromatic N) is 1. The van der Waals surface area contributed by atoms with Crippen molar-refractivity contribution in [1.29, 1.82) is 0 Å². The molecule has 0 bridgehead atoms. The molecule has 0 radical (unpaired) electrons. The van der Waals surface area contributed by atoms with E-state index < -0.39 is 0 Å². The van der Waals surface area contributed by atoms with E-state index in [2.05, 4.69) is 60.5 Å². The molecule has 1 aliphatic heterocycles. The Bertz CT molecular complexity index is 424. The molecule has 0 atom stereocenters. The van der Waals surface area contributed by atoms with Crippen LogP contribution in [0.1, 0.15) is 30.5 Å². The minimum atomic E-state index is 0.283. The number of fused-ring (bicyclic) bond motifs is 1. The molecule has 2 rings (SSSR count). The Labute approximate surface area is 115 Å². The van der Waals surface area contributed by atoms with E-state index in [0.29, 0.717) is 0 Å². The van der Waals surface area contributed by atoms with Crippen LogP contribution in [0.5, 0.6) is 0 Å². The molecular weight excluding hydrogens is 215 g/mol. The topological polar surface area (TPSA) is 3.24 Å². The van der Waals surface area contributed by atoms with Crippen molar-refractivity contribution >= 4 is 23.5 Å². The number of rotatable bonds is 3. The number of benzene rings is 1. The predicted molar refractivity (Wildman–Crippen MR) is 87.5 cm³/mol. The normalized spacial score (nSPS) is 16.8. The smallest absolute Gasteiger partial charge is 0.107 e. The van der Waals surface area contributed by atoms with Gasteiger partial charge in [0.25, 0.3) is 0 Å². The van der Waals surface area contributed by atoms with Crippen molar-refractivity contribution in [3.05, 3.63) is 34.9 Å². The van der Waals surface area contributed by atoms with Crippen LogP contribution in [0.25, 0.3) is 0 Å². The summed E-state index contributed by atoms with van der Waals surface area (Å²) < 4.78 is 0. The fourth-order valence-corrected chi connectivity index (χ4v) is 2.78. The van der Waals surface area contributed by atoms with Gasteiger partial charge in [0, 0.05) is 13.1 Å². The van der Waals surface area contributed by atoms with E-state index in [1.54, 1.807) is 11.1 Å². The van der Waals surface area contributed by atoms with Crippen molar-refractivity contribution in [1.82, 2.24) is 4.90 Å². The number of hydrogen-bond acceptors (Lipinski definition) is 1. The standard InChI is InChI=1S/C14H24B3N/c1-10(2)7-11-3-4-12-5-6-18(14(15,16)17)9-13(12)8-11/h3-4,8,10H,5-7,9,15-17H2,1-2H3. The Morgan fingerprint density at radius 2 is 1.94 bits per heavy atom. The zero-order valence-corrected chi connectivity index (χ0v) is 12.6. The van der Waals surface area contributed by atoms with Gasteiger partial charge in [-0.1, -0.05) is 37.3 Å². The molecule has 94 valence electrons. The lowest BCUT2D eigenvalue weighted by Gasteiger charge is -2.40. The first-order valence-electron chi connectivity index (χ1n) is 7.22. The van der Waals surface area contributed by atoms with Gasteiger partial charge in [-0.05, 0) is 35.4 Å². The summed E-state index contributed by atoms with van der Waals surface area (Å²) in [6, 6.07) is 7.12. The van der Waals surface area contributed by atoms with Crippen LogP contribution in [0.15, 0.2) is 18.2 Å². The van der Waals surface area contributed by atoms with Gasteiger partial charge >= 0.3 is 0 Å². The molecule has 0 aromatic heterocycles. The van der Waals surface area contributed by atoms with Gasteiger partial charge < -0.3 is 4.90 Å². The van der Waals surface area contributed by atoms with E-state index >= 15 is 0 Å². The van der Waals surface area contributed by atoms with Gasteiger partial charge in [-0.2, -0.15) is 0 Å². The third kappa shape index (κ3) is 3.23. The Kier molecular flexibility index (Phi) is 3.96. The monoisotopic (exact) mass is 239 g/mol.